The molecule has 0 aromatic heterocycles. The highest BCUT2D eigenvalue weighted by Crippen LogP contribution is 2.36. The molecule has 16 heavy (non-hydrogen) atoms. The van der Waals surface area contributed by atoms with Crippen LogP contribution in [0, 0.1) is 5.41 Å². The van der Waals surface area contributed by atoms with Crippen LogP contribution in [0.1, 0.15) is 26.2 Å². The van der Waals surface area contributed by atoms with Crippen LogP contribution in [0.4, 0.5) is 0 Å². The third-order valence-corrected chi connectivity index (χ3v) is 3.01. The zero-order valence-electron chi connectivity index (χ0n) is 9.99. The number of amides is 1. The van der Waals surface area contributed by atoms with Crippen LogP contribution in [0.5, 0.6) is 0 Å². The predicted octanol–water partition coefficient (Wildman–Crippen LogP) is 1.36. The molecule has 1 aliphatic heterocycles. The predicted molar refractivity (Wildman–Crippen MR) is 60.8 cm³/mol. The van der Waals surface area contributed by atoms with Gasteiger partial charge >= 0.3 is 5.97 Å². The van der Waals surface area contributed by atoms with Crippen molar-refractivity contribution in [2.75, 3.05) is 20.2 Å². The number of piperidine rings is 1. The normalized spacial score (nSPS) is 25.4. The molecule has 0 spiro atoms. The molecule has 1 rings (SSSR count). The van der Waals surface area contributed by atoms with Crippen LogP contribution >= 0.6 is 0 Å². The Labute approximate surface area is 96.3 Å². The van der Waals surface area contributed by atoms with Crippen LogP contribution in [0.2, 0.25) is 0 Å². The van der Waals surface area contributed by atoms with E-state index in [1.54, 1.807) is 24.9 Å². The number of ether oxygens (including phenoxy) is 1. The second kappa shape index (κ2) is 5.14. The summed E-state index contributed by atoms with van der Waals surface area (Å²) in [6.07, 6.45) is 3.36. The molecule has 1 saturated heterocycles. The van der Waals surface area contributed by atoms with Crippen molar-refractivity contribution < 1.29 is 14.3 Å². The Hall–Kier alpha value is -1.32. The van der Waals surface area contributed by atoms with E-state index in [0.29, 0.717) is 26.0 Å². The number of rotatable bonds is 4. The average molecular weight is 225 g/mol. The van der Waals surface area contributed by atoms with E-state index < -0.39 is 11.4 Å². The molecule has 1 heterocycles. The molecule has 4 nitrogen and oxygen atoms in total. The van der Waals surface area contributed by atoms with E-state index in [0.717, 1.165) is 6.42 Å². The van der Waals surface area contributed by atoms with Crippen LogP contribution in [0.3, 0.4) is 0 Å². The number of hydrogen-bond donors (Lipinski definition) is 0. The maximum atomic E-state index is 12.1. The Morgan fingerprint density at radius 1 is 1.69 bits per heavy atom. The maximum absolute atomic E-state index is 12.1. The zero-order chi connectivity index (χ0) is 12.2. The maximum Gasteiger partial charge on any atom is 0.321 e. The number of hydrogen-bond acceptors (Lipinski definition) is 3. The largest absolute Gasteiger partial charge is 0.465 e. The van der Waals surface area contributed by atoms with Crippen molar-refractivity contribution in [2.24, 2.45) is 5.41 Å². The van der Waals surface area contributed by atoms with Gasteiger partial charge in [0.1, 0.15) is 5.41 Å². The number of carbonyl (C=O) groups is 2. The Kier molecular flexibility index (Phi) is 4.10. The van der Waals surface area contributed by atoms with Crippen LogP contribution in [0.15, 0.2) is 12.7 Å². The fourth-order valence-electron chi connectivity index (χ4n) is 2.17. The first-order valence-electron chi connectivity index (χ1n) is 5.62. The van der Waals surface area contributed by atoms with Gasteiger partial charge in [0, 0.05) is 13.6 Å². The third kappa shape index (κ3) is 2.10. The zero-order valence-corrected chi connectivity index (χ0v) is 9.99. The van der Waals surface area contributed by atoms with Gasteiger partial charge in [-0.2, -0.15) is 0 Å². The second-order valence-electron chi connectivity index (χ2n) is 4.13. The molecular weight excluding hydrogens is 206 g/mol. The summed E-state index contributed by atoms with van der Waals surface area (Å²) in [6, 6.07) is 0. The van der Waals surface area contributed by atoms with Crippen molar-refractivity contribution in [1.82, 2.24) is 4.90 Å². The van der Waals surface area contributed by atoms with Gasteiger partial charge in [0.25, 0.3) is 0 Å². The smallest absolute Gasteiger partial charge is 0.321 e. The van der Waals surface area contributed by atoms with Crippen molar-refractivity contribution in [3.63, 3.8) is 0 Å². The highest BCUT2D eigenvalue weighted by Gasteiger charge is 2.49. The second-order valence-corrected chi connectivity index (χ2v) is 4.13. The molecular formula is C12H19NO3. The van der Waals surface area contributed by atoms with Crippen molar-refractivity contribution in [3.05, 3.63) is 12.7 Å². The monoisotopic (exact) mass is 225 g/mol. The van der Waals surface area contributed by atoms with Gasteiger partial charge in [-0.25, -0.2) is 0 Å². The van der Waals surface area contributed by atoms with E-state index in [4.69, 9.17) is 4.74 Å². The summed E-state index contributed by atoms with van der Waals surface area (Å²) in [5.74, 6) is -0.552. The van der Waals surface area contributed by atoms with Crippen LogP contribution in [-0.4, -0.2) is 37.0 Å². The number of allylic oxidation sites excluding steroid dienone is 1. The topological polar surface area (TPSA) is 46.6 Å². The van der Waals surface area contributed by atoms with Crippen LogP contribution in [-0.2, 0) is 14.3 Å². The molecule has 1 aliphatic rings. The fourth-order valence-corrected chi connectivity index (χ4v) is 2.17. The minimum atomic E-state index is -1.02. The molecule has 1 atom stereocenters. The summed E-state index contributed by atoms with van der Waals surface area (Å²) >= 11 is 0. The van der Waals surface area contributed by atoms with E-state index in [1.807, 2.05) is 0 Å². The summed E-state index contributed by atoms with van der Waals surface area (Å²) in [6.45, 7) is 6.38. The molecule has 4 heteroatoms. The minimum absolute atomic E-state index is 0.142. The fraction of sp³-hybridized carbons (Fsp3) is 0.667. The van der Waals surface area contributed by atoms with Crippen molar-refractivity contribution >= 4 is 11.9 Å². The lowest BCUT2D eigenvalue weighted by Gasteiger charge is -2.37. The summed E-state index contributed by atoms with van der Waals surface area (Å²) in [4.78, 5) is 25.7. The summed E-state index contributed by atoms with van der Waals surface area (Å²) in [5.41, 5.74) is -1.02. The lowest BCUT2D eigenvalue weighted by molar-refractivity contribution is -0.167. The van der Waals surface area contributed by atoms with Gasteiger partial charge in [0.2, 0.25) is 5.91 Å². The summed E-state index contributed by atoms with van der Waals surface area (Å²) in [5, 5.41) is 0. The number of esters is 1. The number of carbonyl (C=O) groups excluding carboxylic acids is 2. The third-order valence-electron chi connectivity index (χ3n) is 3.01. The average Bonchev–Trinajstić information content (AvgIpc) is 2.25. The van der Waals surface area contributed by atoms with Gasteiger partial charge in [-0.3, -0.25) is 9.59 Å². The van der Waals surface area contributed by atoms with Gasteiger partial charge in [0.15, 0.2) is 0 Å². The lowest BCUT2D eigenvalue weighted by Crippen LogP contribution is -2.51. The summed E-state index contributed by atoms with van der Waals surface area (Å²) < 4.78 is 5.02. The Morgan fingerprint density at radius 3 is 2.94 bits per heavy atom. The molecule has 0 aliphatic carbocycles. The molecule has 0 bridgehead atoms. The van der Waals surface area contributed by atoms with E-state index in [2.05, 4.69) is 6.58 Å². The Balaban J connectivity index is 2.98. The lowest BCUT2D eigenvalue weighted by atomic mass is 9.76. The van der Waals surface area contributed by atoms with E-state index >= 15 is 0 Å². The molecule has 90 valence electrons. The van der Waals surface area contributed by atoms with Gasteiger partial charge < -0.3 is 9.64 Å². The SMILES string of the molecule is C=CCC1(C(=O)OCC)CCCN(C)C1=O. The molecule has 0 saturated carbocycles. The standard InChI is InChI=1S/C12H19NO3/c1-4-7-12(11(15)16-5-2)8-6-9-13(3)10(12)14/h4H,1,5-9H2,2-3H3. The van der Waals surface area contributed by atoms with E-state index in [-0.39, 0.29) is 5.91 Å². The van der Waals surface area contributed by atoms with E-state index in [1.165, 1.54) is 0 Å². The van der Waals surface area contributed by atoms with Crippen LogP contribution in [0.25, 0.3) is 0 Å². The molecule has 0 N–H and O–H groups in total. The molecule has 1 amide bonds. The first-order chi connectivity index (χ1) is 7.58. The first kappa shape index (κ1) is 12.7. The quantitative estimate of drug-likeness (QED) is 0.412. The molecule has 0 aromatic rings. The first-order valence-corrected chi connectivity index (χ1v) is 5.62. The van der Waals surface area contributed by atoms with Crippen LogP contribution < -0.4 is 0 Å². The number of likely N-dealkylation sites (tertiary alicyclic amines) is 1. The Morgan fingerprint density at radius 2 is 2.38 bits per heavy atom. The van der Waals surface area contributed by atoms with Crippen molar-refractivity contribution in [3.8, 4) is 0 Å². The molecule has 0 radical (unpaired) electrons. The molecule has 1 fully saturated rings. The van der Waals surface area contributed by atoms with Crippen molar-refractivity contribution in [2.45, 2.75) is 26.2 Å². The van der Waals surface area contributed by atoms with E-state index in [9.17, 15) is 9.59 Å². The number of nitrogens with zero attached hydrogens (tertiary/aromatic N) is 1. The highest BCUT2D eigenvalue weighted by atomic mass is 16.5. The highest BCUT2D eigenvalue weighted by molar-refractivity contribution is 6.03. The minimum Gasteiger partial charge on any atom is -0.465 e. The van der Waals surface area contributed by atoms with Gasteiger partial charge in [-0.05, 0) is 26.2 Å². The van der Waals surface area contributed by atoms with Gasteiger partial charge in [-0.1, -0.05) is 6.08 Å². The molecule has 1 unspecified atom stereocenters. The van der Waals surface area contributed by atoms with Gasteiger partial charge in [0.05, 0.1) is 6.61 Å². The molecule has 0 aromatic carbocycles. The summed E-state index contributed by atoms with van der Waals surface area (Å²) in [7, 11) is 1.72. The Bertz CT molecular complexity index is 301. The van der Waals surface area contributed by atoms with Crippen molar-refractivity contribution in [1.29, 1.82) is 0 Å². The van der Waals surface area contributed by atoms with Gasteiger partial charge in [-0.15, -0.1) is 6.58 Å².